The van der Waals surface area contributed by atoms with Gasteiger partial charge in [-0.1, -0.05) is 20.8 Å². The number of imidazole rings is 1. The van der Waals surface area contributed by atoms with Crippen molar-refractivity contribution >= 4 is 23.0 Å². The van der Waals surface area contributed by atoms with E-state index in [-0.39, 0.29) is 23.7 Å². The highest BCUT2D eigenvalue weighted by Gasteiger charge is 2.30. The van der Waals surface area contributed by atoms with Gasteiger partial charge in [-0.3, -0.25) is 14.7 Å². The van der Waals surface area contributed by atoms with Gasteiger partial charge in [0.25, 0.3) is 0 Å². The lowest BCUT2D eigenvalue weighted by Crippen LogP contribution is -2.21. The number of hydrogen-bond acceptors (Lipinski definition) is 3. The lowest BCUT2D eigenvalue weighted by molar-refractivity contribution is -0.137. The number of anilines is 1. The summed E-state index contributed by atoms with van der Waals surface area (Å²) < 4.78 is 40.2. The molecule has 1 N–H and O–H groups in total. The van der Waals surface area contributed by atoms with E-state index in [1.54, 1.807) is 23.6 Å². The highest BCUT2D eigenvalue weighted by Crippen LogP contribution is 2.31. The number of aryl methyl sites for hydroxylation is 1. The fraction of sp³-hybridized carbons (Fsp3) is 0.350. The lowest BCUT2D eigenvalue weighted by atomic mass is 9.92. The van der Waals surface area contributed by atoms with Crippen LogP contribution in [0.5, 0.6) is 0 Å². The van der Waals surface area contributed by atoms with Crippen LogP contribution < -0.4 is 5.32 Å². The fourth-order valence-electron chi connectivity index (χ4n) is 2.83. The predicted molar refractivity (Wildman–Crippen MR) is 101 cm³/mol. The van der Waals surface area contributed by atoms with Crippen LogP contribution in [0.25, 0.3) is 16.9 Å². The minimum absolute atomic E-state index is 0.218. The SMILES string of the molecule is Cc1ccc2nc(NC(=O)CC(C)(C)C)n(-c3ccc(C(F)(F)F)cc3)c2n1. The average Bonchev–Trinajstić information content (AvgIpc) is 2.89. The van der Waals surface area contributed by atoms with Crippen LogP contribution in [0.3, 0.4) is 0 Å². The monoisotopic (exact) mass is 390 g/mol. The van der Waals surface area contributed by atoms with Crippen molar-refractivity contribution in [3.05, 3.63) is 47.7 Å². The van der Waals surface area contributed by atoms with E-state index < -0.39 is 11.7 Å². The first-order chi connectivity index (χ1) is 12.9. The van der Waals surface area contributed by atoms with Crippen molar-refractivity contribution in [3.8, 4) is 5.69 Å². The van der Waals surface area contributed by atoms with Crippen LogP contribution in [0, 0.1) is 12.3 Å². The Hall–Kier alpha value is -2.90. The number of alkyl halides is 3. The normalized spacial score (nSPS) is 12.4. The molecule has 2 aromatic heterocycles. The van der Waals surface area contributed by atoms with E-state index in [0.717, 1.165) is 17.8 Å². The first-order valence-electron chi connectivity index (χ1n) is 8.78. The third-order valence-electron chi connectivity index (χ3n) is 4.04. The van der Waals surface area contributed by atoms with E-state index in [1.165, 1.54) is 12.1 Å². The summed E-state index contributed by atoms with van der Waals surface area (Å²) in [5, 5.41) is 2.77. The lowest BCUT2D eigenvalue weighted by Gasteiger charge is -2.17. The van der Waals surface area contributed by atoms with Crippen LogP contribution >= 0.6 is 0 Å². The van der Waals surface area contributed by atoms with Gasteiger partial charge in [0.1, 0.15) is 5.52 Å². The molecule has 0 bridgehead atoms. The Balaban J connectivity index is 2.08. The molecule has 5 nitrogen and oxygen atoms in total. The maximum Gasteiger partial charge on any atom is 0.416 e. The molecule has 0 aliphatic heterocycles. The first-order valence-corrected chi connectivity index (χ1v) is 8.78. The molecule has 2 heterocycles. The molecule has 1 aromatic carbocycles. The summed E-state index contributed by atoms with van der Waals surface area (Å²) in [7, 11) is 0. The molecule has 0 aliphatic carbocycles. The molecule has 0 saturated heterocycles. The summed E-state index contributed by atoms with van der Waals surface area (Å²) in [5.41, 5.74) is 1.20. The second-order valence-electron chi connectivity index (χ2n) is 7.90. The minimum Gasteiger partial charge on any atom is -0.296 e. The van der Waals surface area contributed by atoms with Crippen molar-refractivity contribution in [2.75, 3.05) is 5.32 Å². The number of fused-ring (bicyclic) bond motifs is 1. The van der Waals surface area contributed by atoms with Crippen molar-refractivity contribution < 1.29 is 18.0 Å². The van der Waals surface area contributed by atoms with E-state index in [9.17, 15) is 18.0 Å². The minimum atomic E-state index is -4.42. The molecule has 0 saturated carbocycles. The Morgan fingerprint density at radius 3 is 2.25 bits per heavy atom. The third-order valence-corrected chi connectivity index (χ3v) is 4.04. The number of nitrogens with zero attached hydrogens (tertiary/aromatic N) is 3. The number of benzene rings is 1. The maximum absolute atomic E-state index is 12.9. The Morgan fingerprint density at radius 1 is 1.04 bits per heavy atom. The summed E-state index contributed by atoms with van der Waals surface area (Å²) in [6.07, 6.45) is -4.15. The average molecular weight is 390 g/mol. The van der Waals surface area contributed by atoms with Crippen LogP contribution in [0.1, 0.15) is 38.4 Å². The number of halogens is 3. The van der Waals surface area contributed by atoms with Gasteiger partial charge in [0, 0.05) is 12.1 Å². The van der Waals surface area contributed by atoms with Gasteiger partial charge in [-0.2, -0.15) is 13.2 Å². The zero-order chi connectivity index (χ0) is 20.7. The molecule has 0 fully saturated rings. The molecule has 1 amide bonds. The topological polar surface area (TPSA) is 59.8 Å². The molecule has 0 radical (unpaired) electrons. The molecule has 0 spiro atoms. The summed E-state index contributed by atoms with van der Waals surface area (Å²) >= 11 is 0. The summed E-state index contributed by atoms with van der Waals surface area (Å²) in [6, 6.07) is 8.22. The molecular weight excluding hydrogens is 369 g/mol. The Labute approximate surface area is 160 Å². The van der Waals surface area contributed by atoms with Crippen molar-refractivity contribution in [1.29, 1.82) is 0 Å². The quantitative estimate of drug-likeness (QED) is 0.675. The predicted octanol–water partition coefficient (Wildman–Crippen LogP) is 5.12. The van der Waals surface area contributed by atoms with Gasteiger partial charge in [-0.15, -0.1) is 0 Å². The molecule has 0 aliphatic rings. The van der Waals surface area contributed by atoms with E-state index in [2.05, 4.69) is 15.3 Å². The summed E-state index contributed by atoms with van der Waals surface area (Å²) in [6.45, 7) is 7.63. The molecule has 148 valence electrons. The zero-order valence-electron chi connectivity index (χ0n) is 16.1. The van der Waals surface area contributed by atoms with Gasteiger partial charge in [0.05, 0.1) is 11.3 Å². The van der Waals surface area contributed by atoms with Crippen molar-refractivity contribution in [2.45, 2.75) is 40.3 Å². The van der Waals surface area contributed by atoms with E-state index in [4.69, 9.17) is 0 Å². The molecular formula is C20H21F3N4O. The van der Waals surface area contributed by atoms with Crippen molar-refractivity contribution in [1.82, 2.24) is 14.5 Å². The highest BCUT2D eigenvalue weighted by molar-refractivity contribution is 5.92. The number of aromatic nitrogens is 3. The number of amides is 1. The molecule has 0 atom stereocenters. The summed E-state index contributed by atoms with van der Waals surface area (Å²) in [4.78, 5) is 21.3. The van der Waals surface area contributed by atoms with E-state index in [0.29, 0.717) is 16.9 Å². The number of carbonyl (C=O) groups is 1. The van der Waals surface area contributed by atoms with Crippen LogP contribution in [0.2, 0.25) is 0 Å². The number of carbonyl (C=O) groups excluding carboxylic acids is 1. The van der Waals surface area contributed by atoms with Crippen molar-refractivity contribution in [2.24, 2.45) is 5.41 Å². The van der Waals surface area contributed by atoms with Crippen LogP contribution in [-0.2, 0) is 11.0 Å². The molecule has 3 aromatic rings. The standard InChI is InChI=1S/C20H21F3N4O/c1-12-5-10-15-17(24-12)27(14-8-6-13(7-9-14)20(21,22)23)18(25-15)26-16(28)11-19(2,3)4/h5-10H,11H2,1-4H3,(H,25,26,28). The van der Waals surface area contributed by atoms with Gasteiger partial charge in [-0.25, -0.2) is 9.97 Å². The van der Waals surface area contributed by atoms with Gasteiger partial charge >= 0.3 is 6.18 Å². The molecule has 28 heavy (non-hydrogen) atoms. The zero-order valence-corrected chi connectivity index (χ0v) is 16.1. The second kappa shape index (κ2) is 6.92. The molecule has 0 unspecified atom stereocenters. The van der Waals surface area contributed by atoms with Gasteiger partial charge in [-0.05, 0) is 48.7 Å². The fourth-order valence-corrected chi connectivity index (χ4v) is 2.83. The second-order valence-corrected chi connectivity index (χ2v) is 7.90. The first kappa shape index (κ1) is 19.9. The Bertz CT molecular complexity index is 1010. The molecule has 3 rings (SSSR count). The van der Waals surface area contributed by atoms with E-state index >= 15 is 0 Å². The smallest absolute Gasteiger partial charge is 0.296 e. The maximum atomic E-state index is 12.9. The molecule has 8 heteroatoms. The van der Waals surface area contributed by atoms with Crippen molar-refractivity contribution in [3.63, 3.8) is 0 Å². The van der Waals surface area contributed by atoms with E-state index in [1.807, 2.05) is 20.8 Å². The van der Waals surface area contributed by atoms with Gasteiger partial charge in [0.2, 0.25) is 11.9 Å². The number of pyridine rings is 1. The van der Waals surface area contributed by atoms with Gasteiger partial charge in [0.15, 0.2) is 5.65 Å². The summed E-state index contributed by atoms with van der Waals surface area (Å²) in [5.74, 6) is -0.00482. The number of rotatable bonds is 3. The van der Waals surface area contributed by atoms with Crippen LogP contribution in [0.15, 0.2) is 36.4 Å². The third kappa shape index (κ3) is 4.32. The number of nitrogens with one attached hydrogen (secondary N) is 1. The van der Waals surface area contributed by atoms with Crippen LogP contribution in [-0.4, -0.2) is 20.4 Å². The highest BCUT2D eigenvalue weighted by atomic mass is 19.4. The number of hydrogen-bond donors (Lipinski definition) is 1. The van der Waals surface area contributed by atoms with Crippen LogP contribution in [0.4, 0.5) is 19.1 Å². The Morgan fingerprint density at radius 2 is 1.68 bits per heavy atom. The largest absolute Gasteiger partial charge is 0.416 e. The van der Waals surface area contributed by atoms with Gasteiger partial charge < -0.3 is 0 Å². The Kier molecular flexibility index (Phi) is 4.91.